The highest BCUT2D eigenvalue weighted by Crippen LogP contribution is 2.32. The number of fused-ring (bicyclic) bond motifs is 2. The van der Waals surface area contributed by atoms with Gasteiger partial charge in [0.05, 0.1) is 18.3 Å². The van der Waals surface area contributed by atoms with Crippen molar-refractivity contribution >= 4 is 21.6 Å². The van der Waals surface area contributed by atoms with Crippen molar-refractivity contribution in [3.05, 3.63) is 76.4 Å². The van der Waals surface area contributed by atoms with E-state index in [9.17, 15) is 9.18 Å². The molecule has 0 N–H and O–H groups in total. The third kappa shape index (κ3) is 2.93. The van der Waals surface area contributed by atoms with E-state index < -0.39 is 0 Å². The van der Waals surface area contributed by atoms with Crippen molar-refractivity contribution in [1.29, 1.82) is 0 Å². The molecular formula is C21H15FN2O3S. The van der Waals surface area contributed by atoms with Crippen molar-refractivity contribution in [3.63, 3.8) is 0 Å². The second-order valence-corrected chi connectivity index (χ2v) is 7.39. The van der Waals surface area contributed by atoms with Crippen molar-refractivity contribution in [3.8, 4) is 22.6 Å². The highest BCUT2D eigenvalue weighted by molar-refractivity contribution is 7.17. The first-order valence-corrected chi connectivity index (χ1v) is 9.68. The Balaban J connectivity index is 1.49. The van der Waals surface area contributed by atoms with E-state index in [1.54, 1.807) is 23.0 Å². The van der Waals surface area contributed by atoms with Gasteiger partial charge in [0.15, 0.2) is 17.6 Å². The molecule has 2 aromatic carbocycles. The molecule has 0 aliphatic carbocycles. The zero-order chi connectivity index (χ0) is 19.1. The van der Waals surface area contributed by atoms with Crippen LogP contribution in [0.25, 0.3) is 21.3 Å². The average Bonchev–Trinajstić information content (AvgIpc) is 3.15. The van der Waals surface area contributed by atoms with Gasteiger partial charge in [0, 0.05) is 10.9 Å². The Morgan fingerprint density at radius 3 is 2.75 bits per heavy atom. The molecule has 1 aliphatic rings. The lowest BCUT2D eigenvalue weighted by atomic mass is 10.1. The van der Waals surface area contributed by atoms with Gasteiger partial charge in [0.25, 0.3) is 5.56 Å². The second kappa shape index (κ2) is 6.76. The molecule has 0 fully saturated rings. The first kappa shape index (κ1) is 16.9. The van der Waals surface area contributed by atoms with Crippen LogP contribution < -0.4 is 15.0 Å². The molecule has 28 heavy (non-hydrogen) atoms. The van der Waals surface area contributed by atoms with Gasteiger partial charge in [-0.3, -0.25) is 9.36 Å². The predicted molar refractivity (Wildman–Crippen MR) is 106 cm³/mol. The zero-order valence-corrected chi connectivity index (χ0v) is 15.5. The Morgan fingerprint density at radius 2 is 1.93 bits per heavy atom. The highest BCUT2D eigenvalue weighted by atomic mass is 32.1. The number of halogens is 1. The highest BCUT2D eigenvalue weighted by Gasteiger charge is 2.22. The number of hydrogen-bond donors (Lipinski definition) is 0. The van der Waals surface area contributed by atoms with Crippen LogP contribution in [0.4, 0.5) is 4.39 Å². The molecule has 0 saturated carbocycles. The molecule has 0 spiro atoms. The summed E-state index contributed by atoms with van der Waals surface area (Å²) in [6.45, 7) is 0.685. The van der Waals surface area contributed by atoms with Crippen LogP contribution in [0, 0.1) is 5.82 Å². The summed E-state index contributed by atoms with van der Waals surface area (Å²) in [7, 11) is 0. The predicted octanol–water partition coefficient (Wildman–Crippen LogP) is 4.10. The van der Waals surface area contributed by atoms with Crippen LogP contribution in [0.3, 0.4) is 0 Å². The third-order valence-corrected chi connectivity index (χ3v) is 5.57. The van der Waals surface area contributed by atoms with Gasteiger partial charge in [0.2, 0.25) is 0 Å². The van der Waals surface area contributed by atoms with E-state index in [1.165, 1.54) is 23.5 Å². The fraction of sp³-hybridized carbons (Fsp3) is 0.143. The number of thiophene rings is 1. The Morgan fingerprint density at radius 1 is 1.14 bits per heavy atom. The van der Waals surface area contributed by atoms with Crippen molar-refractivity contribution in [1.82, 2.24) is 9.55 Å². The van der Waals surface area contributed by atoms with E-state index in [1.807, 2.05) is 29.6 Å². The van der Waals surface area contributed by atoms with Gasteiger partial charge in [-0.05, 0) is 29.8 Å². The number of ether oxygens (including phenoxy) is 2. The van der Waals surface area contributed by atoms with Crippen LogP contribution in [0.15, 0.2) is 65.0 Å². The lowest BCUT2D eigenvalue weighted by Gasteiger charge is -2.26. The standard InChI is InChI=1S/C21H15FN2O3S/c22-14-7-5-13(6-8-14)16-11-28-20-19(16)21(25)24(12-23-20)9-15-10-26-17-3-1-2-4-18(17)27-15/h1-8,11-12,15H,9-10H2/t15-/m0/s1. The number of aromatic nitrogens is 2. The molecule has 1 atom stereocenters. The second-order valence-electron chi connectivity index (χ2n) is 6.54. The van der Waals surface area contributed by atoms with E-state index in [4.69, 9.17) is 9.47 Å². The maximum absolute atomic E-state index is 13.3. The van der Waals surface area contributed by atoms with E-state index >= 15 is 0 Å². The fourth-order valence-corrected chi connectivity index (χ4v) is 4.22. The van der Waals surface area contributed by atoms with Crippen LogP contribution >= 0.6 is 11.3 Å². The lowest BCUT2D eigenvalue weighted by Crippen LogP contribution is -2.36. The summed E-state index contributed by atoms with van der Waals surface area (Å²) in [6, 6.07) is 13.6. The smallest absolute Gasteiger partial charge is 0.262 e. The Hall–Kier alpha value is -3.19. The minimum absolute atomic E-state index is 0.145. The van der Waals surface area contributed by atoms with Crippen molar-refractivity contribution in [2.75, 3.05) is 6.61 Å². The summed E-state index contributed by atoms with van der Waals surface area (Å²) >= 11 is 1.40. The number of benzene rings is 2. The van der Waals surface area contributed by atoms with Gasteiger partial charge in [-0.15, -0.1) is 11.3 Å². The number of nitrogens with zero attached hydrogens (tertiary/aromatic N) is 2. The topological polar surface area (TPSA) is 53.4 Å². The monoisotopic (exact) mass is 394 g/mol. The maximum Gasteiger partial charge on any atom is 0.262 e. The summed E-state index contributed by atoms with van der Waals surface area (Å²) in [5.41, 5.74) is 1.40. The fourth-order valence-electron chi connectivity index (χ4n) is 3.31. The number of rotatable bonds is 3. The van der Waals surface area contributed by atoms with Gasteiger partial charge < -0.3 is 9.47 Å². The molecule has 5 nitrogen and oxygen atoms in total. The molecule has 7 heteroatoms. The van der Waals surface area contributed by atoms with E-state index in [-0.39, 0.29) is 17.5 Å². The quantitative estimate of drug-likeness (QED) is 0.525. The van der Waals surface area contributed by atoms with E-state index in [2.05, 4.69) is 4.98 Å². The van der Waals surface area contributed by atoms with Gasteiger partial charge in [-0.1, -0.05) is 24.3 Å². The van der Waals surface area contributed by atoms with Crippen LogP contribution in [0.5, 0.6) is 11.5 Å². The summed E-state index contributed by atoms with van der Waals surface area (Å²) in [5.74, 6) is 1.06. The molecule has 2 aromatic heterocycles. The van der Waals surface area contributed by atoms with Gasteiger partial charge in [-0.2, -0.15) is 0 Å². The molecular weight excluding hydrogens is 379 g/mol. The summed E-state index contributed by atoms with van der Waals surface area (Å²) < 4.78 is 26.5. The minimum Gasteiger partial charge on any atom is -0.486 e. The third-order valence-electron chi connectivity index (χ3n) is 4.68. The van der Waals surface area contributed by atoms with Gasteiger partial charge >= 0.3 is 0 Å². The average molecular weight is 394 g/mol. The largest absolute Gasteiger partial charge is 0.486 e. The Bertz CT molecular complexity index is 1220. The molecule has 3 heterocycles. The molecule has 5 rings (SSSR count). The summed E-state index contributed by atoms with van der Waals surface area (Å²) in [5, 5.41) is 2.42. The number of para-hydroxylation sites is 2. The normalized spacial score (nSPS) is 15.7. The van der Waals surface area contributed by atoms with Crippen molar-refractivity contribution < 1.29 is 13.9 Å². The first-order chi connectivity index (χ1) is 13.7. The van der Waals surface area contributed by atoms with Crippen molar-refractivity contribution in [2.24, 2.45) is 0 Å². The summed E-state index contributed by atoms with van der Waals surface area (Å²) in [4.78, 5) is 18.2. The molecule has 140 valence electrons. The van der Waals surface area contributed by atoms with Crippen LogP contribution in [-0.2, 0) is 6.54 Å². The molecule has 0 bridgehead atoms. The van der Waals surface area contributed by atoms with Crippen molar-refractivity contribution in [2.45, 2.75) is 12.6 Å². The molecule has 4 aromatic rings. The SMILES string of the molecule is O=c1c2c(-c3ccc(F)cc3)csc2ncn1C[C@H]1COc2ccccc2O1. The van der Waals surface area contributed by atoms with E-state index in [0.29, 0.717) is 34.9 Å². The molecule has 0 unspecified atom stereocenters. The maximum atomic E-state index is 13.3. The molecule has 1 aliphatic heterocycles. The minimum atomic E-state index is -0.312. The Kier molecular flexibility index (Phi) is 4.09. The van der Waals surface area contributed by atoms with Crippen LogP contribution in [0.2, 0.25) is 0 Å². The van der Waals surface area contributed by atoms with Gasteiger partial charge in [-0.25, -0.2) is 9.37 Å². The van der Waals surface area contributed by atoms with Crippen LogP contribution in [0.1, 0.15) is 0 Å². The van der Waals surface area contributed by atoms with E-state index in [0.717, 1.165) is 11.1 Å². The molecule has 0 radical (unpaired) electrons. The lowest BCUT2D eigenvalue weighted by molar-refractivity contribution is 0.0777. The molecule has 0 saturated heterocycles. The Labute approximate surface area is 163 Å². The summed E-state index contributed by atoms with van der Waals surface area (Å²) in [6.07, 6.45) is 1.25. The number of hydrogen-bond acceptors (Lipinski definition) is 5. The van der Waals surface area contributed by atoms with Gasteiger partial charge in [0.1, 0.15) is 17.3 Å². The molecule has 0 amide bonds. The van der Waals surface area contributed by atoms with Crippen LogP contribution in [-0.4, -0.2) is 22.3 Å². The first-order valence-electron chi connectivity index (χ1n) is 8.80. The zero-order valence-electron chi connectivity index (χ0n) is 14.7.